The highest BCUT2D eigenvalue weighted by Crippen LogP contribution is 2.31. The minimum absolute atomic E-state index is 0.633. The van der Waals surface area contributed by atoms with Crippen molar-refractivity contribution >= 4 is 11.8 Å². The van der Waals surface area contributed by atoms with Crippen molar-refractivity contribution in [1.29, 1.82) is 0 Å². The molecule has 29 heavy (non-hydrogen) atoms. The molecule has 2 saturated heterocycles. The normalized spacial score (nSPS) is 22.9. The van der Waals surface area contributed by atoms with Crippen molar-refractivity contribution in [3.05, 3.63) is 11.3 Å². The predicted molar refractivity (Wildman–Crippen MR) is 122 cm³/mol. The van der Waals surface area contributed by atoms with E-state index >= 15 is 0 Å². The quantitative estimate of drug-likeness (QED) is 0.689. The van der Waals surface area contributed by atoms with Crippen LogP contribution in [0, 0.1) is 5.92 Å². The first kappa shape index (κ1) is 20.9. The maximum atomic E-state index is 5.07. The topological polar surface area (TPSA) is 44.3 Å². The smallest absolute Gasteiger partial charge is 0.224 e. The summed E-state index contributed by atoms with van der Waals surface area (Å²) < 4.78 is 0. The molecule has 5 heteroatoms. The summed E-state index contributed by atoms with van der Waals surface area (Å²) in [6.07, 6.45) is 14.1. The first-order valence-corrected chi connectivity index (χ1v) is 12.4. The van der Waals surface area contributed by atoms with Gasteiger partial charge in [0.1, 0.15) is 5.82 Å². The molecular weight excluding hydrogens is 358 g/mol. The number of anilines is 2. The highest BCUT2D eigenvalue weighted by molar-refractivity contribution is 5.54. The van der Waals surface area contributed by atoms with Crippen LogP contribution in [0.25, 0.3) is 0 Å². The molecule has 3 heterocycles. The van der Waals surface area contributed by atoms with Crippen molar-refractivity contribution in [3.8, 4) is 0 Å². The second kappa shape index (κ2) is 10.1. The Morgan fingerprint density at radius 3 is 2.48 bits per heavy atom. The van der Waals surface area contributed by atoms with E-state index in [1.54, 1.807) is 0 Å². The van der Waals surface area contributed by atoms with Gasteiger partial charge in [-0.3, -0.25) is 4.90 Å². The van der Waals surface area contributed by atoms with Crippen molar-refractivity contribution in [2.45, 2.75) is 90.5 Å². The third-order valence-electron chi connectivity index (χ3n) is 7.46. The lowest BCUT2D eigenvalue weighted by molar-refractivity contribution is 0.214. The summed E-state index contributed by atoms with van der Waals surface area (Å²) in [4.78, 5) is 15.3. The van der Waals surface area contributed by atoms with Gasteiger partial charge in [-0.15, -0.1) is 0 Å². The molecule has 0 radical (unpaired) electrons. The summed E-state index contributed by atoms with van der Waals surface area (Å²) in [6, 6.07) is 0.633. The second-order valence-electron chi connectivity index (χ2n) is 9.41. The number of rotatable bonds is 8. The van der Waals surface area contributed by atoms with Crippen molar-refractivity contribution < 1.29 is 0 Å². The molecule has 2 aliphatic heterocycles. The molecule has 1 N–H and O–H groups in total. The van der Waals surface area contributed by atoms with Gasteiger partial charge in [-0.2, -0.15) is 4.98 Å². The van der Waals surface area contributed by atoms with Gasteiger partial charge in [0, 0.05) is 37.8 Å². The molecule has 1 aromatic heterocycles. The minimum Gasteiger partial charge on any atom is -0.356 e. The van der Waals surface area contributed by atoms with Gasteiger partial charge in [0.2, 0.25) is 5.95 Å². The lowest BCUT2D eigenvalue weighted by Crippen LogP contribution is -2.38. The van der Waals surface area contributed by atoms with Crippen LogP contribution in [0.15, 0.2) is 0 Å². The average Bonchev–Trinajstić information content (AvgIpc) is 3.31. The van der Waals surface area contributed by atoms with E-state index in [9.17, 15) is 0 Å². The average molecular weight is 400 g/mol. The molecule has 1 aromatic rings. The SMILES string of the molecule is CCC(CC)CN1CCCC1CNc1nc2c(c(N3CCCCCC3)n1)CCC2. The van der Waals surface area contributed by atoms with Gasteiger partial charge >= 0.3 is 0 Å². The van der Waals surface area contributed by atoms with Gasteiger partial charge in [-0.1, -0.05) is 39.5 Å². The number of aryl methyl sites for hydroxylation is 1. The van der Waals surface area contributed by atoms with Gasteiger partial charge in [0.15, 0.2) is 0 Å². The van der Waals surface area contributed by atoms with Gasteiger partial charge in [0.05, 0.1) is 5.69 Å². The Balaban J connectivity index is 1.44. The number of hydrogen-bond donors (Lipinski definition) is 1. The van der Waals surface area contributed by atoms with Crippen LogP contribution < -0.4 is 10.2 Å². The van der Waals surface area contributed by atoms with Crippen molar-refractivity contribution in [3.63, 3.8) is 0 Å². The van der Waals surface area contributed by atoms with Crippen LogP contribution in [0.3, 0.4) is 0 Å². The zero-order chi connectivity index (χ0) is 20.1. The maximum Gasteiger partial charge on any atom is 0.224 e. The lowest BCUT2D eigenvalue weighted by Gasteiger charge is -2.28. The van der Waals surface area contributed by atoms with E-state index in [2.05, 4.69) is 29.0 Å². The Kier molecular flexibility index (Phi) is 7.28. The van der Waals surface area contributed by atoms with Crippen LogP contribution in [0.4, 0.5) is 11.8 Å². The first-order valence-electron chi connectivity index (χ1n) is 12.4. The summed E-state index contributed by atoms with van der Waals surface area (Å²) >= 11 is 0. The van der Waals surface area contributed by atoms with Crippen LogP contribution in [-0.2, 0) is 12.8 Å². The number of nitrogens with zero attached hydrogens (tertiary/aromatic N) is 4. The van der Waals surface area contributed by atoms with E-state index in [0.717, 1.165) is 44.3 Å². The number of likely N-dealkylation sites (tertiary alicyclic amines) is 1. The van der Waals surface area contributed by atoms with E-state index in [-0.39, 0.29) is 0 Å². The lowest BCUT2D eigenvalue weighted by atomic mass is 10.0. The van der Waals surface area contributed by atoms with Crippen molar-refractivity contribution in [1.82, 2.24) is 14.9 Å². The fraction of sp³-hybridized carbons (Fsp3) is 0.833. The number of aromatic nitrogens is 2. The molecule has 1 aliphatic carbocycles. The van der Waals surface area contributed by atoms with Gasteiger partial charge in [0.25, 0.3) is 0 Å². The van der Waals surface area contributed by atoms with E-state index < -0.39 is 0 Å². The fourth-order valence-electron chi connectivity index (χ4n) is 5.49. The highest BCUT2D eigenvalue weighted by atomic mass is 15.3. The predicted octanol–water partition coefficient (Wildman–Crippen LogP) is 4.66. The Morgan fingerprint density at radius 1 is 0.931 bits per heavy atom. The molecule has 3 aliphatic rings. The Morgan fingerprint density at radius 2 is 1.72 bits per heavy atom. The monoisotopic (exact) mass is 399 g/mol. The molecule has 1 unspecified atom stereocenters. The van der Waals surface area contributed by atoms with E-state index in [4.69, 9.17) is 9.97 Å². The molecule has 0 amide bonds. The zero-order valence-corrected chi connectivity index (χ0v) is 18.8. The van der Waals surface area contributed by atoms with Crippen LogP contribution in [0.2, 0.25) is 0 Å². The van der Waals surface area contributed by atoms with Crippen LogP contribution in [-0.4, -0.2) is 53.6 Å². The molecule has 162 valence electrons. The third kappa shape index (κ3) is 5.04. The van der Waals surface area contributed by atoms with E-state index in [1.165, 1.54) is 88.0 Å². The molecule has 0 aromatic carbocycles. The number of fused-ring (bicyclic) bond motifs is 1. The fourth-order valence-corrected chi connectivity index (χ4v) is 5.49. The molecular formula is C24H41N5. The summed E-state index contributed by atoms with van der Waals surface area (Å²) in [6.45, 7) is 10.5. The van der Waals surface area contributed by atoms with Crippen molar-refractivity contribution in [2.75, 3.05) is 42.9 Å². The van der Waals surface area contributed by atoms with Crippen LogP contribution >= 0.6 is 0 Å². The maximum absolute atomic E-state index is 5.07. The van der Waals surface area contributed by atoms with E-state index in [0.29, 0.717) is 6.04 Å². The summed E-state index contributed by atoms with van der Waals surface area (Å²) in [7, 11) is 0. The summed E-state index contributed by atoms with van der Waals surface area (Å²) in [5, 5.41) is 3.66. The standard InChI is InChI=1S/C24H41N5/c1-3-19(4-2)18-29-16-10-11-20(29)17-25-24-26-22-13-9-12-21(22)23(27-24)28-14-7-5-6-8-15-28/h19-20H,3-18H2,1-2H3,(H,25,26,27). The van der Waals surface area contributed by atoms with Crippen LogP contribution in [0.1, 0.15) is 82.9 Å². The van der Waals surface area contributed by atoms with E-state index in [1.807, 2.05) is 0 Å². The molecule has 0 saturated carbocycles. The molecule has 2 fully saturated rings. The molecule has 0 spiro atoms. The second-order valence-corrected chi connectivity index (χ2v) is 9.41. The van der Waals surface area contributed by atoms with Gasteiger partial charge in [-0.05, 0) is 57.4 Å². The molecule has 5 nitrogen and oxygen atoms in total. The largest absolute Gasteiger partial charge is 0.356 e. The molecule has 0 bridgehead atoms. The zero-order valence-electron chi connectivity index (χ0n) is 18.8. The number of hydrogen-bond acceptors (Lipinski definition) is 5. The molecule has 1 atom stereocenters. The summed E-state index contributed by atoms with van der Waals surface area (Å²) in [5.74, 6) is 2.96. The number of nitrogens with one attached hydrogen (secondary N) is 1. The first-order chi connectivity index (χ1) is 14.3. The molecule has 4 rings (SSSR count). The van der Waals surface area contributed by atoms with Gasteiger partial charge < -0.3 is 10.2 Å². The third-order valence-corrected chi connectivity index (χ3v) is 7.46. The Hall–Kier alpha value is -1.36. The van der Waals surface area contributed by atoms with Gasteiger partial charge in [-0.25, -0.2) is 4.98 Å². The summed E-state index contributed by atoms with van der Waals surface area (Å²) in [5.41, 5.74) is 2.75. The van der Waals surface area contributed by atoms with Crippen molar-refractivity contribution in [2.24, 2.45) is 5.92 Å². The highest BCUT2D eigenvalue weighted by Gasteiger charge is 2.27. The minimum atomic E-state index is 0.633. The van der Waals surface area contributed by atoms with Crippen LogP contribution in [0.5, 0.6) is 0 Å². The Bertz CT molecular complexity index is 649. The Labute approximate surface area is 177 Å².